The monoisotopic (exact) mass is 446 g/mol. The molecule has 0 aliphatic carbocycles. The molecule has 7 nitrogen and oxygen atoms in total. The van der Waals surface area contributed by atoms with E-state index in [4.69, 9.17) is 4.42 Å². The zero-order chi connectivity index (χ0) is 22.9. The molecule has 0 radical (unpaired) electrons. The first-order chi connectivity index (χ1) is 16.0. The summed E-state index contributed by atoms with van der Waals surface area (Å²) in [6.07, 6.45) is 6.52. The number of carbonyl (C=O) groups is 1. The van der Waals surface area contributed by atoms with Crippen molar-refractivity contribution < 1.29 is 9.21 Å². The summed E-state index contributed by atoms with van der Waals surface area (Å²) in [4.78, 5) is 33.9. The number of nitrogens with zero attached hydrogens (tertiary/aromatic N) is 4. The lowest BCUT2D eigenvalue weighted by molar-refractivity contribution is 0.0739. The first kappa shape index (κ1) is 21.6. The molecule has 0 bridgehead atoms. The predicted molar refractivity (Wildman–Crippen MR) is 128 cm³/mol. The van der Waals surface area contributed by atoms with E-state index in [1.807, 2.05) is 47.6 Å². The normalized spacial score (nSPS) is 17.4. The molecule has 3 aromatic rings. The summed E-state index contributed by atoms with van der Waals surface area (Å²) in [5.41, 5.74) is 2.81. The van der Waals surface area contributed by atoms with E-state index in [0.29, 0.717) is 36.5 Å². The van der Waals surface area contributed by atoms with Gasteiger partial charge in [-0.15, -0.1) is 0 Å². The Labute approximate surface area is 193 Å². The fourth-order valence-electron chi connectivity index (χ4n) is 4.99. The van der Waals surface area contributed by atoms with Crippen molar-refractivity contribution in [3.63, 3.8) is 0 Å². The Morgan fingerprint density at radius 1 is 1.09 bits per heavy atom. The van der Waals surface area contributed by atoms with Crippen LogP contribution in [-0.4, -0.2) is 51.4 Å². The molecular formula is C26H30N4O3. The van der Waals surface area contributed by atoms with Gasteiger partial charge >= 0.3 is 0 Å². The van der Waals surface area contributed by atoms with Crippen LogP contribution in [0.4, 0.5) is 0 Å². The molecule has 0 atom stereocenters. The quantitative estimate of drug-likeness (QED) is 0.606. The van der Waals surface area contributed by atoms with E-state index in [-0.39, 0.29) is 11.5 Å². The first-order valence-electron chi connectivity index (χ1n) is 11.8. The van der Waals surface area contributed by atoms with Crippen LogP contribution in [0.25, 0.3) is 16.6 Å². The second-order valence-electron chi connectivity index (χ2n) is 9.04. The second-order valence-corrected chi connectivity index (χ2v) is 9.04. The zero-order valence-corrected chi connectivity index (χ0v) is 19.3. The van der Waals surface area contributed by atoms with Crippen LogP contribution in [0.3, 0.4) is 0 Å². The van der Waals surface area contributed by atoms with Gasteiger partial charge in [-0.3, -0.25) is 14.5 Å². The molecule has 0 saturated carbocycles. The maximum absolute atomic E-state index is 13.2. The lowest BCUT2D eigenvalue weighted by Gasteiger charge is -2.28. The van der Waals surface area contributed by atoms with E-state index in [9.17, 15) is 9.59 Å². The van der Waals surface area contributed by atoms with Crippen molar-refractivity contribution >= 4 is 22.5 Å². The highest BCUT2D eigenvalue weighted by Crippen LogP contribution is 2.25. The maximum atomic E-state index is 13.2. The SMILES string of the molecule is Cc1oc(C(=O)N2CC=C(n3c(C)nc(=O)c4ccccc43)CC2)cc1CN1CCCCC1. The number of para-hydroxylation sites is 1. The van der Waals surface area contributed by atoms with Gasteiger partial charge in [0.1, 0.15) is 11.6 Å². The molecule has 0 N–H and O–H groups in total. The first-order valence-corrected chi connectivity index (χ1v) is 11.8. The molecule has 2 aromatic heterocycles. The third kappa shape index (κ3) is 4.25. The van der Waals surface area contributed by atoms with Gasteiger partial charge in [-0.05, 0) is 64.1 Å². The third-order valence-electron chi connectivity index (χ3n) is 6.80. The van der Waals surface area contributed by atoms with Crippen LogP contribution < -0.4 is 5.56 Å². The van der Waals surface area contributed by atoms with Crippen molar-refractivity contribution in [3.05, 3.63) is 69.7 Å². The predicted octanol–water partition coefficient (Wildman–Crippen LogP) is 3.98. The van der Waals surface area contributed by atoms with Crippen LogP contribution in [0.2, 0.25) is 0 Å². The average Bonchev–Trinajstić information content (AvgIpc) is 3.20. The number of aromatic nitrogens is 2. The smallest absolute Gasteiger partial charge is 0.289 e. The van der Waals surface area contributed by atoms with Crippen molar-refractivity contribution in [2.24, 2.45) is 0 Å². The van der Waals surface area contributed by atoms with Gasteiger partial charge in [-0.25, -0.2) is 0 Å². The minimum absolute atomic E-state index is 0.0714. The van der Waals surface area contributed by atoms with Gasteiger partial charge in [0.15, 0.2) is 5.76 Å². The van der Waals surface area contributed by atoms with Gasteiger partial charge in [-0.1, -0.05) is 18.6 Å². The van der Waals surface area contributed by atoms with Crippen LogP contribution in [0, 0.1) is 13.8 Å². The number of amides is 1. The number of likely N-dealkylation sites (tertiary alicyclic amines) is 1. The van der Waals surface area contributed by atoms with E-state index in [1.54, 1.807) is 6.07 Å². The highest BCUT2D eigenvalue weighted by molar-refractivity contribution is 5.92. The molecule has 2 aliphatic rings. The van der Waals surface area contributed by atoms with Crippen molar-refractivity contribution in [2.45, 2.75) is 46.1 Å². The molecule has 172 valence electrons. The molecule has 0 unspecified atom stereocenters. The fourth-order valence-corrected chi connectivity index (χ4v) is 4.99. The Balaban J connectivity index is 1.34. The van der Waals surface area contributed by atoms with Crippen LogP contribution >= 0.6 is 0 Å². The Bertz CT molecular complexity index is 1280. The van der Waals surface area contributed by atoms with Crippen molar-refractivity contribution in [1.29, 1.82) is 0 Å². The molecule has 4 heterocycles. The average molecular weight is 447 g/mol. The van der Waals surface area contributed by atoms with Crippen LogP contribution in [0.5, 0.6) is 0 Å². The summed E-state index contributed by atoms with van der Waals surface area (Å²) >= 11 is 0. The number of aryl methyl sites for hydroxylation is 2. The molecular weight excluding hydrogens is 416 g/mol. The lowest BCUT2D eigenvalue weighted by atomic mass is 10.1. The minimum atomic E-state index is -0.207. The van der Waals surface area contributed by atoms with E-state index in [0.717, 1.165) is 42.2 Å². The Morgan fingerprint density at radius 3 is 2.64 bits per heavy atom. The molecule has 1 aromatic carbocycles. The van der Waals surface area contributed by atoms with E-state index in [2.05, 4.69) is 16.0 Å². The number of hydrogen-bond donors (Lipinski definition) is 0. The topological polar surface area (TPSA) is 71.6 Å². The number of piperidine rings is 1. The molecule has 0 spiro atoms. The van der Waals surface area contributed by atoms with E-state index < -0.39 is 0 Å². The van der Waals surface area contributed by atoms with Crippen molar-refractivity contribution in [2.75, 3.05) is 26.2 Å². The van der Waals surface area contributed by atoms with Crippen molar-refractivity contribution in [3.8, 4) is 0 Å². The highest BCUT2D eigenvalue weighted by Gasteiger charge is 2.25. The van der Waals surface area contributed by atoms with Gasteiger partial charge in [-0.2, -0.15) is 4.98 Å². The molecule has 5 rings (SSSR count). The highest BCUT2D eigenvalue weighted by atomic mass is 16.4. The zero-order valence-electron chi connectivity index (χ0n) is 19.3. The number of furan rings is 1. The lowest BCUT2D eigenvalue weighted by Crippen LogP contribution is -2.35. The summed E-state index contributed by atoms with van der Waals surface area (Å²) in [5.74, 6) is 1.84. The molecule has 1 saturated heterocycles. The summed E-state index contributed by atoms with van der Waals surface area (Å²) in [5, 5.41) is 0.606. The third-order valence-corrected chi connectivity index (χ3v) is 6.80. The Kier molecular flexibility index (Phi) is 5.89. The van der Waals surface area contributed by atoms with Crippen LogP contribution in [-0.2, 0) is 6.54 Å². The Hall–Kier alpha value is -3.19. The summed E-state index contributed by atoms with van der Waals surface area (Å²) in [6, 6.07) is 9.46. The summed E-state index contributed by atoms with van der Waals surface area (Å²) in [7, 11) is 0. The molecule has 2 aliphatic heterocycles. The number of hydrogen-bond acceptors (Lipinski definition) is 5. The fraction of sp³-hybridized carbons (Fsp3) is 0.423. The van der Waals surface area contributed by atoms with Crippen LogP contribution in [0.15, 0.2) is 45.6 Å². The molecule has 1 fully saturated rings. The maximum Gasteiger partial charge on any atom is 0.289 e. The largest absolute Gasteiger partial charge is 0.456 e. The van der Waals surface area contributed by atoms with Gasteiger partial charge in [0.25, 0.3) is 11.5 Å². The second kappa shape index (κ2) is 8.98. The van der Waals surface area contributed by atoms with Gasteiger partial charge in [0.05, 0.1) is 10.9 Å². The standard InChI is InChI=1S/C26H30N4O3/c1-18-20(17-28-12-6-3-7-13-28)16-24(33-18)26(32)29-14-10-21(11-15-29)30-19(2)27-25(31)22-8-4-5-9-23(22)30/h4-5,8-10,16H,3,6-7,11-15,17H2,1-2H3. The molecule has 7 heteroatoms. The van der Waals surface area contributed by atoms with Gasteiger partial charge < -0.3 is 13.9 Å². The number of rotatable bonds is 4. The molecule has 1 amide bonds. The summed E-state index contributed by atoms with van der Waals surface area (Å²) in [6.45, 7) is 7.95. The number of fused-ring (bicyclic) bond motifs is 1. The number of carbonyl (C=O) groups excluding carboxylic acids is 1. The van der Waals surface area contributed by atoms with E-state index >= 15 is 0 Å². The van der Waals surface area contributed by atoms with Crippen molar-refractivity contribution in [1.82, 2.24) is 19.4 Å². The molecule has 33 heavy (non-hydrogen) atoms. The Morgan fingerprint density at radius 2 is 1.88 bits per heavy atom. The van der Waals surface area contributed by atoms with Gasteiger partial charge in [0, 0.05) is 37.3 Å². The van der Waals surface area contributed by atoms with Gasteiger partial charge in [0.2, 0.25) is 0 Å². The van der Waals surface area contributed by atoms with E-state index in [1.165, 1.54) is 19.3 Å². The summed E-state index contributed by atoms with van der Waals surface area (Å²) < 4.78 is 7.92. The van der Waals surface area contributed by atoms with Crippen LogP contribution in [0.1, 0.15) is 53.4 Å². The minimum Gasteiger partial charge on any atom is -0.456 e. The number of benzene rings is 1.